The summed E-state index contributed by atoms with van der Waals surface area (Å²) in [6, 6.07) is 5.27. The molecule has 0 saturated heterocycles. The topological polar surface area (TPSA) is 62.9 Å². The number of halogens is 4. The van der Waals surface area contributed by atoms with Crippen LogP contribution in [0.5, 0.6) is 5.75 Å². The van der Waals surface area contributed by atoms with Gasteiger partial charge in [-0.15, -0.1) is 37.1 Å². The Kier molecular flexibility index (Phi) is 9.18. The van der Waals surface area contributed by atoms with E-state index >= 15 is 0 Å². The van der Waals surface area contributed by atoms with E-state index in [-0.39, 0.29) is 35.7 Å². The molecule has 1 aromatic carbocycles. The Morgan fingerprint density at radius 3 is 2.36 bits per heavy atom. The van der Waals surface area contributed by atoms with Gasteiger partial charge in [0.1, 0.15) is 5.75 Å². The number of hydrogen-bond acceptors (Lipinski definition) is 3. The molecular weight excluding hydrogens is 412 g/mol. The summed E-state index contributed by atoms with van der Waals surface area (Å²) in [4.78, 5) is 6.16. The van der Waals surface area contributed by atoms with Crippen molar-refractivity contribution in [3.05, 3.63) is 24.3 Å². The van der Waals surface area contributed by atoms with Crippen molar-refractivity contribution in [3.8, 4) is 5.75 Å². The molecule has 0 radical (unpaired) electrons. The number of rotatable bonds is 6. The lowest BCUT2D eigenvalue weighted by atomic mass is 10.3. The fourth-order valence-electron chi connectivity index (χ4n) is 1.51. The van der Waals surface area contributed by atoms with E-state index in [0.717, 1.165) is 13.0 Å². The second-order valence-corrected chi connectivity index (χ2v) is 4.62. The van der Waals surface area contributed by atoms with Gasteiger partial charge in [-0.2, -0.15) is 0 Å². The van der Waals surface area contributed by atoms with Gasteiger partial charge in [0, 0.05) is 12.2 Å². The van der Waals surface area contributed by atoms with Gasteiger partial charge in [0.2, 0.25) is 0 Å². The number of benzene rings is 1. The molecule has 0 unspecified atom stereocenters. The second kappa shape index (κ2) is 9.72. The van der Waals surface area contributed by atoms with Crippen LogP contribution < -0.4 is 15.8 Å². The fourth-order valence-corrected chi connectivity index (χ4v) is 1.51. The minimum atomic E-state index is -4.69. The Labute approximate surface area is 144 Å². The number of hydrogen-bond donors (Lipinski definition) is 2. The van der Waals surface area contributed by atoms with Crippen LogP contribution in [-0.2, 0) is 0 Å². The molecule has 0 spiro atoms. The number of nitrogens with zero attached hydrogens (tertiary/aromatic N) is 2. The summed E-state index contributed by atoms with van der Waals surface area (Å²) in [6.45, 7) is 1.48. The molecule has 0 fully saturated rings. The van der Waals surface area contributed by atoms with Crippen LogP contribution in [0.15, 0.2) is 29.3 Å². The lowest BCUT2D eigenvalue weighted by Crippen LogP contribution is -2.23. The zero-order valence-electron chi connectivity index (χ0n) is 12.4. The van der Waals surface area contributed by atoms with Gasteiger partial charge >= 0.3 is 6.36 Å². The fraction of sp³-hybridized carbons (Fsp3) is 0.462. The highest BCUT2D eigenvalue weighted by Gasteiger charge is 2.30. The Balaban J connectivity index is 0.00000441. The third-order valence-electron chi connectivity index (χ3n) is 2.41. The van der Waals surface area contributed by atoms with Crippen LogP contribution in [0, 0.1) is 0 Å². The van der Waals surface area contributed by atoms with Crippen LogP contribution in [0.3, 0.4) is 0 Å². The zero-order valence-corrected chi connectivity index (χ0v) is 14.7. The van der Waals surface area contributed by atoms with Crippen molar-refractivity contribution in [1.82, 2.24) is 4.90 Å². The predicted octanol–water partition coefficient (Wildman–Crippen LogP) is 2.88. The molecule has 22 heavy (non-hydrogen) atoms. The molecule has 0 amide bonds. The summed E-state index contributed by atoms with van der Waals surface area (Å²) in [5, 5.41) is 2.80. The van der Waals surface area contributed by atoms with Crippen LogP contribution in [0.1, 0.15) is 6.42 Å². The smallest absolute Gasteiger partial charge is 0.406 e. The molecule has 3 N–H and O–H groups in total. The summed E-state index contributed by atoms with van der Waals surface area (Å²) in [6.07, 6.45) is -3.82. The molecule has 0 aromatic heterocycles. The van der Waals surface area contributed by atoms with Crippen LogP contribution in [0.25, 0.3) is 0 Å². The minimum absolute atomic E-state index is 0. The van der Waals surface area contributed by atoms with E-state index in [1.807, 2.05) is 19.0 Å². The van der Waals surface area contributed by atoms with Crippen LogP contribution in [-0.4, -0.2) is 44.4 Å². The van der Waals surface area contributed by atoms with Crippen LogP contribution >= 0.6 is 24.0 Å². The molecule has 126 valence electrons. The van der Waals surface area contributed by atoms with E-state index in [2.05, 4.69) is 15.0 Å². The van der Waals surface area contributed by atoms with Gasteiger partial charge in [-0.1, -0.05) is 0 Å². The van der Waals surface area contributed by atoms with Gasteiger partial charge in [0.25, 0.3) is 0 Å². The highest BCUT2D eigenvalue weighted by molar-refractivity contribution is 14.0. The summed E-state index contributed by atoms with van der Waals surface area (Å²) < 4.78 is 39.8. The lowest BCUT2D eigenvalue weighted by molar-refractivity contribution is -0.274. The summed E-state index contributed by atoms with van der Waals surface area (Å²) >= 11 is 0. The molecule has 0 aliphatic carbocycles. The van der Waals surface area contributed by atoms with Gasteiger partial charge in [0.05, 0.1) is 0 Å². The van der Waals surface area contributed by atoms with Crippen molar-refractivity contribution in [2.45, 2.75) is 12.8 Å². The number of nitrogens with two attached hydrogens (primary N) is 1. The maximum absolute atomic E-state index is 12.0. The Bertz CT molecular complexity index is 463. The molecule has 0 saturated carbocycles. The van der Waals surface area contributed by atoms with Gasteiger partial charge in [0.15, 0.2) is 5.96 Å². The van der Waals surface area contributed by atoms with Crippen molar-refractivity contribution >= 4 is 35.6 Å². The average Bonchev–Trinajstić information content (AvgIpc) is 2.35. The number of aliphatic imine (C=N–C) groups is 1. The molecule has 1 rings (SSSR count). The predicted molar refractivity (Wildman–Crippen MR) is 91.8 cm³/mol. The number of alkyl halides is 3. The number of nitrogens with one attached hydrogen (secondary N) is 1. The number of ether oxygens (including phenoxy) is 1. The highest BCUT2D eigenvalue weighted by Crippen LogP contribution is 2.23. The largest absolute Gasteiger partial charge is 0.573 e. The molecule has 0 heterocycles. The van der Waals surface area contributed by atoms with E-state index in [0.29, 0.717) is 12.2 Å². The third kappa shape index (κ3) is 9.66. The van der Waals surface area contributed by atoms with Crippen molar-refractivity contribution in [1.29, 1.82) is 0 Å². The van der Waals surface area contributed by atoms with Gasteiger partial charge in [-0.05, 0) is 51.3 Å². The van der Waals surface area contributed by atoms with E-state index in [1.165, 1.54) is 24.3 Å². The zero-order chi connectivity index (χ0) is 15.9. The molecule has 9 heteroatoms. The molecule has 5 nitrogen and oxygen atoms in total. The monoisotopic (exact) mass is 432 g/mol. The SMILES string of the molecule is CN(C)CCCN=C(N)Nc1ccc(OC(F)(F)F)cc1.I. The normalized spacial score (nSPS) is 12.0. The first-order valence-corrected chi connectivity index (χ1v) is 6.34. The minimum Gasteiger partial charge on any atom is -0.406 e. The first-order chi connectivity index (χ1) is 9.76. The van der Waals surface area contributed by atoms with E-state index in [1.54, 1.807) is 0 Å². The summed E-state index contributed by atoms with van der Waals surface area (Å²) in [5.41, 5.74) is 6.22. The summed E-state index contributed by atoms with van der Waals surface area (Å²) in [5.74, 6) is -0.0622. The van der Waals surface area contributed by atoms with E-state index in [4.69, 9.17) is 5.73 Å². The molecule has 0 bridgehead atoms. The third-order valence-corrected chi connectivity index (χ3v) is 2.41. The molecule has 0 aliphatic rings. The van der Waals surface area contributed by atoms with Gasteiger partial charge < -0.3 is 20.7 Å². The van der Waals surface area contributed by atoms with Crippen molar-refractivity contribution < 1.29 is 17.9 Å². The van der Waals surface area contributed by atoms with Crippen LogP contribution in [0.2, 0.25) is 0 Å². The van der Waals surface area contributed by atoms with E-state index in [9.17, 15) is 13.2 Å². The summed E-state index contributed by atoms with van der Waals surface area (Å²) in [7, 11) is 3.94. The van der Waals surface area contributed by atoms with Crippen LogP contribution in [0.4, 0.5) is 18.9 Å². The first-order valence-electron chi connectivity index (χ1n) is 6.34. The Hall–Kier alpha value is -1.23. The first kappa shape index (κ1) is 20.8. The lowest BCUT2D eigenvalue weighted by Gasteiger charge is -2.10. The Morgan fingerprint density at radius 2 is 1.86 bits per heavy atom. The van der Waals surface area contributed by atoms with Crippen molar-refractivity contribution in [2.24, 2.45) is 10.7 Å². The highest BCUT2D eigenvalue weighted by atomic mass is 127. The molecular formula is C13H20F3IN4O. The number of guanidine groups is 1. The molecule has 1 aromatic rings. The molecule has 0 aliphatic heterocycles. The van der Waals surface area contributed by atoms with Gasteiger partial charge in [-0.3, -0.25) is 4.99 Å². The van der Waals surface area contributed by atoms with E-state index < -0.39 is 6.36 Å². The Morgan fingerprint density at radius 1 is 1.27 bits per heavy atom. The second-order valence-electron chi connectivity index (χ2n) is 4.62. The number of anilines is 1. The average molecular weight is 432 g/mol. The van der Waals surface area contributed by atoms with Crippen molar-refractivity contribution in [2.75, 3.05) is 32.5 Å². The standard InChI is InChI=1S/C13H19F3N4O.HI/c1-20(2)9-3-8-18-12(17)19-10-4-6-11(7-5-10)21-13(14,15)16;/h4-7H,3,8-9H2,1-2H3,(H3,17,18,19);1H. The van der Waals surface area contributed by atoms with Gasteiger partial charge in [-0.25, -0.2) is 0 Å². The quantitative estimate of drug-likeness (QED) is 0.314. The maximum Gasteiger partial charge on any atom is 0.573 e. The molecule has 0 atom stereocenters. The maximum atomic E-state index is 12.0. The van der Waals surface area contributed by atoms with Crippen molar-refractivity contribution in [3.63, 3.8) is 0 Å².